The highest BCUT2D eigenvalue weighted by atomic mass is 16.4. The summed E-state index contributed by atoms with van der Waals surface area (Å²) in [5, 5.41) is 10.3. The summed E-state index contributed by atoms with van der Waals surface area (Å²) in [7, 11) is 0. The Hall–Kier alpha value is -1.77. The number of hydrogen-bond acceptors (Lipinski definition) is 1. The first-order valence-corrected chi connectivity index (χ1v) is 5.83. The average molecular weight is 231 g/mol. The molecule has 0 atom stereocenters. The molecule has 3 heteroatoms. The van der Waals surface area contributed by atoms with Gasteiger partial charge in [0.2, 0.25) is 0 Å². The zero-order valence-electron chi connectivity index (χ0n) is 10.4. The molecule has 17 heavy (non-hydrogen) atoms. The van der Waals surface area contributed by atoms with Crippen molar-refractivity contribution >= 4 is 16.9 Å². The molecule has 1 heterocycles. The lowest BCUT2D eigenvalue weighted by molar-refractivity contribution is 0.0685. The third-order valence-corrected chi connectivity index (χ3v) is 2.89. The minimum atomic E-state index is -0.860. The van der Waals surface area contributed by atoms with E-state index in [1.54, 1.807) is 6.07 Å². The maximum atomic E-state index is 11.3. The minimum Gasteiger partial charge on any atom is -0.477 e. The van der Waals surface area contributed by atoms with Gasteiger partial charge in [0.05, 0.1) is 5.52 Å². The lowest BCUT2D eigenvalue weighted by Gasteiger charge is -2.12. The fourth-order valence-electron chi connectivity index (χ4n) is 2.24. The number of aromatic nitrogens is 1. The third-order valence-electron chi connectivity index (χ3n) is 2.89. The van der Waals surface area contributed by atoms with E-state index in [0.29, 0.717) is 11.6 Å². The van der Waals surface area contributed by atoms with Crippen LogP contribution in [0.2, 0.25) is 0 Å². The van der Waals surface area contributed by atoms with Gasteiger partial charge in [-0.2, -0.15) is 0 Å². The topological polar surface area (TPSA) is 42.2 Å². The summed E-state index contributed by atoms with van der Waals surface area (Å²) in [5.74, 6) is -0.440. The molecule has 2 rings (SSSR count). The van der Waals surface area contributed by atoms with E-state index in [1.165, 1.54) is 0 Å². The van der Waals surface area contributed by atoms with Crippen molar-refractivity contribution in [2.45, 2.75) is 27.3 Å². The molecule has 0 aliphatic carbocycles. The average Bonchev–Trinajstić information content (AvgIpc) is 2.57. The quantitative estimate of drug-likeness (QED) is 0.880. The summed E-state index contributed by atoms with van der Waals surface area (Å²) in [5.41, 5.74) is 2.54. The highest BCUT2D eigenvalue weighted by Crippen LogP contribution is 2.24. The van der Waals surface area contributed by atoms with Crippen molar-refractivity contribution in [3.63, 3.8) is 0 Å². The second-order valence-electron chi connectivity index (χ2n) is 4.85. The van der Waals surface area contributed by atoms with Gasteiger partial charge in [0, 0.05) is 11.9 Å². The summed E-state index contributed by atoms with van der Waals surface area (Å²) >= 11 is 0. The second kappa shape index (κ2) is 4.24. The SMILES string of the molecule is Cc1cccc2cc(C(=O)O)n(CC(C)C)c12. The molecule has 0 saturated heterocycles. The number of hydrogen-bond donors (Lipinski definition) is 1. The van der Waals surface area contributed by atoms with Crippen LogP contribution < -0.4 is 0 Å². The first-order valence-electron chi connectivity index (χ1n) is 5.83. The molecule has 0 aliphatic heterocycles. The first-order chi connectivity index (χ1) is 8.00. The number of carbonyl (C=O) groups is 1. The predicted molar refractivity (Wildman–Crippen MR) is 68.5 cm³/mol. The molecule has 0 radical (unpaired) electrons. The van der Waals surface area contributed by atoms with E-state index in [9.17, 15) is 9.90 Å². The van der Waals surface area contributed by atoms with Crippen LogP contribution in [0.5, 0.6) is 0 Å². The second-order valence-corrected chi connectivity index (χ2v) is 4.85. The van der Waals surface area contributed by atoms with Gasteiger partial charge in [-0.05, 0) is 24.5 Å². The van der Waals surface area contributed by atoms with Crippen molar-refractivity contribution in [1.82, 2.24) is 4.57 Å². The van der Waals surface area contributed by atoms with Gasteiger partial charge < -0.3 is 9.67 Å². The molecule has 0 aliphatic rings. The number of aryl methyl sites for hydroxylation is 1. The van der Waals surface area contributed by atoms with Gasteiger partial charge in [-0.25, -0.2) is 4.79 Å². The van der Waals surface area contributed by atoms with E-state index in [2.05, 4.69) is 13.8 Å². The molecule has 1 N–H and O–H groups in total. The standard InChI is InChI=1S/C14H17NO2/c1-9(2)8-15-12(14(16)17)7-11-6-4-5-10(3)13(11)15/h4-7,9H,8H2,1-3H3,(H,16,17). The number of rotatable bonds is 3. The van der Waals surface area contributed by atoms with Crippen LogP contribution in [0.4, 0.5) is 0 Å². The molecule has 0 unspecified atom stereocenters. The number of carboxylic acids is 1. The highest BCUT2D eigenvalue weighted by Gasteiger charge is 2.16. The minimum absolute atomic E-state index is 0.378. The Kier molecular flexibility index (Phi) is 2.92. The fraction of sp³-hybridized carbons (Fsp3) is 0.357. The van der Waals surface area contributed by atoms with Gasteiger partial charge in [-0.15, -0.1) is 0 Å². The van der Waals surface area contributed by atoms with Crippen LogP contribution in [-0.4, -0.2) is 15.6 Å². The summed E-state index contributed by atoms with van der Waals surface area (Å²) in [6.45, 7) is 6.94. The van der Waals surface area contributed by atoms with E-state index >= 15 is 0 Å². The van der Waals surface area contributed by atoms with E-state index < -0.39 is 5.97 Å². The zero-order chi connectivity index (χ0) is 12.6. The molecule has 90 valence electrons. The summed E-state index contributed by atoms with van der Waals surface area (Å²) in [4.78, 5) is 11.3. The van der Waals surface area contributed by atoms with Crippen LogP contribution in [0.25, 0.3) is 10.9 Å². The number of para-hydroxylation sites is 1. The fourth-order valence-corrected chi connectivity index (χ4v) is 2.24. The molecular formula is C14H17NO2. The Balaban J connectivity index is 2.73. The van der Waals surface area contributed by atoms with Crippen LogP contribution in [-0.2, 0) is 6.54 Å². The lowest BCUT2D eigenvalue weighted by Crippen LogP contribution is -2.12. The van der Waals surface area contributed by atoms with Crippen LogP contribution in [0.3, 0.4) is 0 Å². The van der Waals surface area contributed by atoms with Crippen LogP contribution in [0.15, 0.2) is 24.3 Å². The van der Waals surface area contributed by atoms with E-state index in [0.717, 1.165) is 23.0 Å². The van der Waals surface area contributed by atoms with Crippen molar-refractivity contribution in [2.75, 3.05) is 0 Å². The van der Waals surface area contributed by atoms with Gasteiger partial charge in [0.25, 0.3) is 0 Å². The van der Waals surface area contributed by atoms with Gasteiger partial charge in [0.1, 0.15) is 5.69 Å². The van der Waals surface area contributed by atoms with Crippen molar-refractivity contribution in [1.29, 1.82) is 0 Å². The normalized spacial score (nSPS) is 11.3. The zero-order valence-corrected chi connectivity index (χ0v) is 10.4. The van der Waals surface area contributed by atoms with Crippen LogP contribution >= 0.6 is 0 Å². The van der Waals surface area contributed by atoms with E-state index in [1.807, 2.05) is 29.7 Å². The lowest BCUT2D eigenvalue weighted by atomic mass is 10.1. The Labute approximate surface area is 101 Å². The molecule has 0 amide bonds. The molecule has 0 spiro atoms. The largest absolute Gasteiger partial charge is 0.477 e. The third kappa shape index (κ3) is 2.05. The molecule has 2 aromatic rings. The highest BCUT2D eigenvalue weighted by molar-refractivity contribution is 5.95. The maximum Gasteiger partial charge on any atom is 0.352 e. The van der Waals surface area contributed by atoms with Crippen LogP contribution in [0.1, 0.15) is 29.9 Å². The number of aromatic carboxylic acids is 1. The molecule has 1 aromatic heterocycles. The monoisotopic (exact) mass is 231 g/mol. The molecule has 0 bridgehead atoms. The maximum absolute atomic E-state index is 11.3. The summed E-state index contributed by atoms with van der Waals surface area (Å²) in [6.07, 6.45) is 0. The van der Waals surface area contributed by atoms with Crippen molar-refractivity contribution in [3.8, 4) is 0 Å². The Morgan fingerprint density at radius 2 is 2.12 bits per heavy atom. The smallest absolute Gasteiger partial charge is 0.352 e. The molecule has 0 fully saturated rings. The number of fused-ring (bicyclic) bond motifs is 1. The number of carboxylic acid groups (broad SMARTS) is 1. The van der Waals surface area contributed by atoms with E-state index in [4.69, 9.17) is 0 Å². The van der Waals surface area contributed by atoms with Crippen molar-refractivity contribution < 1.29 is 9.90 Å². The molecule has 1 aromatic carbocycles. The van der Waals surface area contributed by atoms with Crippen molar-refractivity contribution in [3.05, 3.63) is 35.5 Å². The molecule has 0 saturated carbocycles. The van der Waals surface area contributed by atoms with Gasteiger partial charge in [-0.3, -0.25) is 0 Å². The predicted octanol–water partition coefficient (Wildman–Crippen LogP) is 3.30. The Bertz CT molecular complexity index is 567. The number of nitrogens with zero attached hydrogens (tertiary/aromatic N) is 1. The number of benzene rings is 1. The Morgan fingerprint density at radius 3 is 2.71 bits per heavy atom. The molecular weight excluding hydrogens is 214 g/mol. The summed E-state index contributed by atoms with van der Waals surface area (Å²) < 4.78 is 1.91. The summed E-state index contributed by atoms with van der Waals surface area (Å²) in [6, 6.07) is 7.70. The van der Waals surface area contributed by atoms with Gasteiger partial charge in [-0.1, -0.05) is 32.0 Å². The molecule has 3 nitrogen and oxygen atoms in total. The van der Waals surface area contributed by atoms with E-state index in [-0.39, 0.29) is 0 Å². The van der Waals surface area contributed by atoms with Gasteiger partial charge >= 0.3 is 5.97 Å². The van der Waals surface area contributed by atoms with Gasteiger partial charge in [0.15, 0.2) is 0 Å². The first kappa shape index (κ1) is 11.7. The van der Waals surface area contributed by atoms with Crippen LogP contribution in [0, 0.1) is 12.8 Å². The Morgan fingerprint density at radius 1 is 1.41 bits per heavy atom. The van der Waals surface area contributed by atoms with Crippen molar-refractivity contribution in [2.24, 2.45) is 5.92 Å².